The van der Waals surface area contributed by atoms with Gasteiger partial charge in [-0.05, 0) is 48.7 Å². The van der Waals surface area contributed by atoms with Crippen molar-refractivity contribution in [1.29, 1.82) is 0 Å². The van der Waals surface area contributed by atoms with E-state index in [1.165, 1.54) is 12.1 Å². The lowest BCUT2D eigenvalue weighted by molar-refractivity contribution is 0.489. The average Bonchev–Trinajstić information content (AvgIpc) is 2.27. The zero-order chi connectivity index (χ0) is 14.0. The molecule has 0 saturated heterocycles. The molecule has 19 heavy (non-hydrogen) atoms. The molecular formula is C15H14BrClFN. The van der Waals surface area contributed by atoms with Crippen molar-refractivity contribution >= 4 is 27.5 Å². The molecule has 0 aliphatic heterocycles. The molecule has 100 valence electrons. The van der Waals surface area contributed by atoms with Crippen LogP contribution in [0.5, 0.6) is 0 Å². The summed E-state index contributed by atoms with van der Waals surface area (Å²) in [7, 11) is 0. The summed E-state index contributed by atoms with van der Waals surface area (Å²) < 4.78 is 14.1. The fraction of sp³-hybridized carbons (Fsp3) is 0.200. The van der Waals surface area contributed by atoms with Gasteiger partial charge in [0.15, 0.2) is 0 Å². The predicted molar refractivity (Wildman–Crippen MR) is 80.8 cm³/mol. The summed E-state index contributed by atoms with van der Waals surface area (Å²) in [5.74, 6) is -0.254. The van der Waals surface area contributed by atoms with Gasteiger partial charge in [-0.2, -0.15) is 0 Å². The maximum absolute atomic E-state index is 13.2. The van der Waals surface area contributed by atoms with Crippen LogP contribution >= 0.6 is 27.5 Å². The Morgan fingerprint density at radius 2 is 2.00 bits per heavy atom. The Bertz CT molecular complexity index is 598. The molecule has 0 spiro atoms. The SMILES string of the molecule is CC(N)(Cc1cccc(F)c1)c1ccc(Br)cc1Cl. The van der Waals surface area contributed by atoms with Gasteiger partial charge < -0.3 is 5.73 Å². The summed E-state index contributed by atoms with van der Waals surface area (Å²) in [5, 5.41) is 0.607. The van der Waals surface area contributed by atoms with Gasteiger partial charge in [-0.1, -0.05) is 45.7 Å². The molecule has 0 bridgehead atoms. The summed E-state index contributed by atoms with van der Waals surface area (Å²) in [5.41, 5.74) is 7.40. The maximum Gasteiger partial charge on any atom is 0.123 e. The Morgan fingerprint density at radius 1 is 1.26 bits per heavy atom. The first kappa shape index (κ1) is 14.5. The molecule has 1 atom stereocenters. The van der Waals surface area contributed by atoms with Crippen LogP contribution in [0.1, 0.15) is 18.1 Å². The van der Waals surface area contributed by atoms with E-state index in [-0.39, 0.29) is 5.82 Å². The Hall–Kier alpha value is -0.900. The van der Waals surface area contributed by atoms with Crippen LogP contribution in [0.15, 0.2) is 46.9 Å². The Labute approximate surface area is 125 Å². The molecule has 2 aromatic carbocycles. The number of halogens is 3. The van der Waals surface area contributed by atoms with Crippen LogP contribution in [0, 0.1) is 5.82 Å². The van der Waals surface area contributed by atoms with Crippen LogP contribution in [0.4, 0.5) is 4.39 Å². The van der Waals surface area contributed by atoms with Crippen molar-refractivity contribution in [3.05, 3.63) is 68.9 Å². The normalized spacial score (nSPS) is 14.2. The van der Waals surface area contributed by atoms with Crippen molar-refractivity contribution in [3.63, 3.8) is 0 Å². The molecule has 2 rings (SSSR count). The third-order valence-corrected chi connectivity index (χ3v) is 3.81. The highest BCUT2D eigenvalue weighted by atomic mass is 79.9. The smallest absolute Gasteiger partial charge is 0.123 e. The van der Waals surface area contributed by atoms with Gasteiger partial charge in [0, 0.05) is 15.0 Å². The fourth-order valence-electron chi connectivity index (χ4n) is 2.12. The summed E-state index contributed by atoms with van der Waals surface area (Å²) in [6.07, 6.45) is 0.520. The first-order valence-electron chi connectivity index (χ1n) is 5.87. The standard InChI is InChI=1S/C15H14BrClFN/c1-15(19,9-10-3-2-4-12(18)7-10)13-6-5-11(16)8-14(13)17/h2-8H,9,19H2,1H3. The Balaban J connectivity index is 2.31. The molecule has 0 radical (unpaired) electrons. The van der Waals surface area contributed by atoms with E-state index in [4.69, 9.17) is 17.3 Å². The topological polar surface area (TPSA) is 26.0 Å². The number of hydrogen-bond acceptors (Lipinski definition) is 1. The highest BCUT2D eigenvalue weighted by Gasteiger charge is 2.24. The molecule has 0 aliphatic carbocycles. The van der Waals surface area contributed by atoms with Crippen molar-refractivity contribution < 1.29 is 4.39 Å². The minimum atomic E-state index is -0.647. The van der Waals surface area contributed by atoms with E-state index < -0.39 is 5.54 Å². The minimum absolute atomic E-state index is 0.254. The maximum atomic E-state index is 13.2. The number of benzene rings is 2. The molecule has 0 heterocycles. The van der Waals surface area contributed by atoms with Crippen molar-refractivity contribution in [1.82, 2.24) is 0 Å². The molecule has 0 aromatic heterocycles. The quantitative estimate of drug-likeness (QED) is 0.862. The average molecular weight is 343 g/mol. The lowest BCUT2D eigenvalue weighted by Crippen LogP contribution is -2.35. The zero-order valence-electron chi connectivity index (χ0n) is 10.5. The zero-order valence-corrected chi connectivity index (χ0v) is 12.8. The van der Waals surface area contributed by atoms with E-state index >= 15 is 0 Å². The van der Waals surface area contributed by atoms with E-state index in [1.54, 1.807) is 6.07 Å². The van der Waals surface area contributed by atoms with E-state index in [9.17, 15) is 4.39 Å². The second-order valence-electron chi connectivity index (χ2n) is 4.85. The predicted octanol–water partition coefficient (Wildman–Crippen LogP) is 4.66. The van der Waals surface area contributed by atoms with Crippen molar-refractivity contribution in [2.24, 2.45) is 5.73 Å². The lowest BCUT2D eigenvalue weighted by Gasteiger charge is -2.26. The summed E-state index contributed by atoms with van der Waals surface area (Å²) in [6.45, 7) is 1.90. The largest absolute Gasteiger partial charge is 0.321 e. The van der Waals surface area contributed by atoms with E-state index in [0.717, 1.165) is 15.6 Å². The van der Waals surface area contributed by atoms with Gasteiger partial charge in [0.2, 0.25) is 0 Å². The molecule has 1 unspecified atom stereocenters. The van der Waals surface area contributed by atoms with Gasteiger partial charge >= 0.3 is 0 Å². The van der Waals surface area contributed by atoms with Gasteiger partial charge in [0.05, 0.1) is 0 Å². The third kappa shape index (κ3) is 3.56. The second-order valence-corrected chi connectivity index (χ2v) is 6.17. The first-order chi connectivity index (χ1) is 8.88. The molecule has 1 nitrogen and oxygen atoms in total. The van der Waals surface area contributed by atoms with Gasteiger partial charge in [-0.15, -0.1) is 0 Å². The van der Waals surface area contributed by atoms with Crippen LogP contribution < -0.4 is 5.73 Å². The molecule has 0 amide bonds. The van der Waals surface area contributed by atoms with Gasteiger partial charge in [0.25, 0.3) is 0 Å². The van der Waals surface area contributed by atoms with Gasteiger partial charge in [-0.25, -0.2) is 4.39 Å². The Kier molecular flexibility index (Phi) is 4.29. The molecular weight excluding hydrogens is 329 g/mol. The van der Waals surface area contributed by atoms with Gasteiger partial charge in [0.1, 0.15) is 5.82 Å². The van der Waals surface area contributed by atoms with E-state index in [0.29, 0.717) is 11.4 Å². The number of nitrogens with two attached hydrogens (primary N) is 1. The third-order valence-electron chi connectivity index (χ3n) is 3.01. The summed E-state index contributed by atoms with van der Waals surface area (Å²) in [4.78, 5) is 0. The van der Waals surface area contributed by atoms with Crippen LogP contribution in [-0.2, 0) is 12.0 Å². The second kappa shape index (κ2) is 5.61. The number of rotatable bonds is 3. The summed E-state index contributed by atoms with van der Waals surface area (Å²) >= 11 is 9.59. The minimum Gasteiger partial charge on any atom is -0.321 e. The van der Waals surface area contributed by atoms with E-state index in [1.807, 2.05) is 31.2 Å². The Morgan fingerprint density at radius 3 is 2.63 bits per heavy atom. The summed E-state index contributed by atoms with van der Waals surface area (Å²) in [6, 6.07) is 12.1. The monoisotopic (exact) mass is 341 g/mol. The van der Waals surface area contributed by atoms with E-state index in [2.05, 4.69) is 15.9 Å². The van der Waals surface area contributed by atoms with Crippen molar-refractivity contribution in [2.75, 3.05) is 0 Å². The molecule has 0 aliphatic rings. The lowest BCUT2D eigenvalue weighted by atomic mass is 9.86. The highest BCUT2D eigenvalue weighted by Crippen LogP contribution is 2.31. The first-order valence-corrected chi connectivity index (χ1v) is 7.04. The van der Waals surface area contributed by atoms with Crippen molar-refractivity contribution in [3.8, 4) is 0 Å². The van der Waals surface area contributed by atoms with Crippen molar-refractivity contribution in [2.45, 2.75) is 18.9 Å². The van der Waals surface area contributed by atoms with Crippen LogP contribution in [0.2, 0.25) is 5.02 Å². The number of hydrogen-bond donors (Lipinski definition) is 1. The van der Waals surface area contributed by atoms with Crippen LogP contribution in [-0.4, -0.2) is 0 Å². The van der Waals surface area contributed by atoms with Crippen LogP contribution in [0.3, 0.4) is 0 Å². The molecule has 0 saturated carbocycles. The van der Waals surface area contributed by atoms with Gasteiger partial charge in [-0.3, -0.25) is 0 Å². The highest BCUT2D eigenvalue weighted by molar-refractivity contribution is 9.10. The van der Waals surface area contributed by atoms with Crippen LogP contribution in [0.25, 0.3) is 0 Å². The molecule has 2 aromatic rings. The molecule has 2 N–H and O–H groups in total. The molecule has 4 heteroatoms. The molecule has 0 fully saturated rings. The fourth-order valence-corrected chi connectivity index (χ4v) is 3.01.